The summed E-state index contributed by atoms with van der Waals surface area (Å²) in [4.78, 5) is 4.99. The number of fused-ring (bicyclic) bond motifs is 1. The second-order valence-corrected chi connectivity index (χ2v) is 11.0. The molecule has 0 aliphatic carbocycles. The normalized spacial score (nSPS) is 15.6. The van der Waals surface area contributed by atoms with Gasteiger partial charge >= 0.3 is 0 Å². The van der Waals surface area contributed by atoms with Crippen LogP contribution in [0.2, 0.25) is 0 Å². The zero-order valence-corrected chi connectivity index (χ0v) is 22.4. The third kappa shape index (κ3) is 6.48. The van der Waals surface area contributed by atoms with E-state index in [2.05, 4.69) is 39.8 Å². The minimum absolute atomic E-state index is 0.0260. The first kappa shape index (κ1) is 26.1. The number of aryl methyl sites for hydroxylation is 1. The number of benzene rings is 3. The molecule has 0 N–H and O–H groups in total. The van der Waals surface area contributed by atoms with Crippen molar-refractivity contribution in [1.29, 1.82) is 0 Å². The standard InChI is InChI=1S/C30H32N2O5S/c1-24-8-14-27(15-9-24)38(33,34)37-20-3-2-5-25-10-12-26(13-11-25)23-31-16-18-32(19-17-31)28-6-4-7-29-30(28)36-22-21-35-29/h4,6-15H,3,16-23H2,1H3. The Kier molecular flexibility index (Phi) is 8.18. The molecule has 1 fully saturated rings. The number of rotatable bonds is 7. The van der Waals surface area contributed by atoms with Gasteiger partial charge in [-0.3, -0.25) is 9.08 Å². The van der Waals surface area contributed by atoms with Crippen LogP contribution in [-0.2, 0) is 20.8 Å². The quantitative estimate of drug-likeness (QED) is 0.256. The Morgan fingerprint density at radius 1 is 0.895 bits per heavy atom. The summed E-state index contributed by atoms with van der Waals surface area (Å²) in [5.74, 6) is 7.79. The third-order valence-corrected chi connectivity index (χ3v) is 7.95. The van der Waals surface area contributed by atoms with Crippen LogP contribution in [0, 0.1) is 18.8 Å². The number of hydrogen-bond acceptors (Lipinski definition) is 7. The van der Waals surface area contributed by atoms with Crippen LogP contribution < -0.4 is 14.4 Å². The Labute approximate surface area is 225 Å². The minimum Gasteiger partial charge on any atom is -0.486 e. The molecule has 0 spiro atoms. The molecule has 0 aromatic heterocycles. The molecule has 2 heterocycles. The maximum absolute atomic E-state index is 12.2. The van der Waals surface area contributed by atoms with Crippen LogP contribution in [0.15, 0.2) is 71.6 Å². The molecule has 38 heavy (non-hydrogen) atoms. The summed E-state index contributed by atoms with van der Waals surface area (Å²) in [6, 6.07) is 20.9. The lowest BCUT2D eigenvalue weighted by molar-refractivity contribution is 0.171. The average Bonchev–Trinajstić information content (AvgIpc) is 2.94. The van der Waals surface area contributed by atoms with E-state index in [0.717, 1.165) is 61.0 Å². The van der Waals surface area contributed by atoms with Gasteiger partial charge in [0.1, 0.15) is 13.2 Å². The molecule has 198 valence electrons. The second kappa shape index (κ2) is 11.9. The van der Waals surface area contributed by atoms with Gasteiger partial charge in [0.15, 0.2) is 11.5 Å². The van der Waals surface area contributed by atoms with Gasteiger partial charge in [-0.15, -0.1) is 0 Å². The van der Waals surface area contributed by atoms with Crippen LogP contribution in [0.5, 0.6) is 11.5 Å². The van der Waals surface area contributed by atoms with Crippen molar-refractivity contribution in [1.82, 2.24) is 4.90 Å². The topological polar surface area (TPSA) is 68.3 Å². The summed E-state index contributed by atoms with van der Waals surface area (Å²) in [5, 5.41) is 0. The first-order chi connectivity index (χ1) is 18.5. The largest absolute Gasteiger partial charge is 0.486 e. The predicted molar refractivity (Wildman–Crippen MR) is 147 cm³/mol. The lowest BCUT2D eigenvalue weighted by atomic mass is 10.1. The van der Waals surface area contributed by atoms with E-state index in [-0.39, 0.29) is 11.5 Å². The van der Waals surface area contributed by atoms with Crippen LogP contribution >= 0.6 is 0 Å². The van der Waals surface area contributed by atoms with E-state index in [1.165, 1.54) is 5.56 Å². The summed E-state index contributed by atoms with van der Waals surface area (Å²) in [5.41, 5.74) is 4.25. The molecule has 0 unspecified atom stereocenters. The lowest BCUT2D eigenvalue weighted by Crippen LogP contribution is -2.46. The number of hydrogen-bond donors (Lipinski definition) is 0. The van der Waals surface area contributed by atoms with E-state index in [9.17, 15) is 8.42 Å². The fraction of sp³-hybridized carbons (Fsp3) is 0.333. The highest BCUT2D eigenvalue weighted by molar-refractivity contribution is 7.86. The summed E-state index contributed by atoms with van der Waals surface area (Å²) in [7, 11) is -3.75. The van der Waals surface area contributed by atoms with Crippen molar-refractivity contribution in [3.05, 3.63) is 83.4 Å². The number of anilines is 1. The SMILES string of the molecule is Cc1ccc(S(=O)(=O)OCCC#Cc2ccc(CN3CCN(c4cccc5c4OCCO5)CC3)cc2)cc1. The molecular weight excluding hydrogens is 500 g/mol. The van der Waals surface area contributed by atoms with E-state index in [4.69, 9.17) is 13.7 Å². The van der Waals surface area contributed by atoms with Crippen LogP contribution in [0.4, 0.5) is 5.69 Å². The van der Waals surface area contributed by atoms with E-state index in [1.54, 1.807) is 24.3 Å². The molecule has 8 heteroatoms. The maximum Gasteiger partial charge on any atom is 0.297 e. The molecule has 3 aromatic rings. The zero-order valence-electron chi connectivity index (χ0n) is 21.6. The van der Waals surface area contributed by atoms with Gasteiger partial charge in [-0.05, 0) is 48.9 Å². The van der Waals surface area contributed by atoms with E-state index in [1.807, 2.05) is 31.2 Å². The summed E-state index contributed by atoms with van der Waals surface area (Å²) < 4.78 is 41.2. The highest BCUT2D eigenvalue weighted by Gasteiger charge is 2.23. The molecule has 5 rings (SSSR count). The summed E-state index contributed by atoms with van der Waals surface area (Å²) in [6.45, 7) is 7.82. The molecule has 2 aliphatic heterocycles. The maximum atomic E-state index is 12.2. The Balaban J connectivity index is 1.07. The number of para-hydroxylation sites is 1. The van der Waals surface area contributed by atoms with Crippen molar-refractivity contribution in [2.24, 2.45) is 0 Å². The van der Waals surface area contributed by atoms with Gasteiger partial charge in [0, 0.05) is 44.7 Å². The van der Waals surface area contributed by atoms with Gasteiger partial charge in [-0.25, -0.2) is 0 Å². The molecule has 7 nitrogen and oxygen atoms in total. The van der Waals surface area contributed by atoms with E-state index in [0.29, 0.717) is 19.6 Å². The number of ether oxygens (including phenoxy) is 2. The Morgan fingerprint density at radius 3 is 2.39 bits per heavy atom. The third-order valence-electron chi connectivity index (χ3n) is 6.63. The van der Waals surface area contributed by atoms with Crippen LogP contribution in [0.1, 0.15) is 23.1 Å². The first-order valence-corrected chi connectivity index (χ1v) is 14.3. The smallest absolute Gasteiger partial charge is 0.297 e. The lowest BCUT2D eigenvalue weighted by Gasteiger charge is -2.37. The predicted octanol–water partition coefficient (Wildman–Crippen LogP) is 4.24. The van der Waals surface area contributed by atoms with E-state index >= 15 is 0 Å². The monoisotopic (exact) mass is 532 g/mol. The second-order valence-electron chi connectivity index (χ2n) is 9.40. The van der Waals surface area contributed by atoms with Crippen molar-refractivity contribution in [3.8, 4) is 23.3 Å². The van der Waals surface area contributed by atoms with Gasteiger partial charge in [0.05, 0.1) is 17.2 Å². The molecular formula is C30H32N2O5S. The highest BCUT2D eigenvalue weighted by Crippen LogP contribution is 2.39. The van der Waals surface area contributed by atoms with Crippen molar-refractivity contribution >= 4 is 15.8 Å². The van der Waals surface area contributed by atoms with Crippen molar-refractivity contribution in [2.45, 2.75) is 24.8 Å². The molecule has 0 bridgehead atoms. The van der Waals surface area contributed by atoms with Gasteiger partial charge in [-0.1, -0.05) is 47.7 Å². The van der Waals surface area contributed by atoms with Crippen LogP contribution in [-0.4, -0.2) is 59.3 Å². The van der Waals surface area contributed by atoms with Gasteiger partial charge in [-0.2, -0.15) is 8.42 Å². The van der Waals surface area contributed by atoms with Crippen molar-refractivity contribution < 1.29 is 22.1 Å². The average molecular weight is 533 g/mol. The first-order valence-electron chi connectivity index (χ1n) is 12.9. The summed E-state index contributed by atoms with van der Waals surface area (Å²) in [6.07, 6.45) is 0.332. The molecule has 0 amide bonds. The fourth-order valence-corrected chi connectivity index (χ4v) is 5.45. The van der Waals surface area contributed by atoms with Crippen LogP contribution in [0.3, 0.4) is 0 Å². The number of nitrogens with zero attached hydrogens (tertiary/aromatic N) is 2. The van der Waals surface area contributed by atoms with E-state index < -0.39 is 10.1 Å². The molecule has 0 saturated carbocycles. The van der Waals surface area contributed by atoms with Gasteiger partial charge in [0.2, 0.25) is 0 Å². The molecule has 0 radical (unpaired) electrons. The molecule has 2 aliphatic rings. The Morgan fingerprint density at radius 2 is 1.63 bits per heavy atom. The highest BCUT2D eigenvalue weighted by atomic mass is 32.2. The van der Waals surface area contributed by atoms with Crippen molar-refractivity contribution in [3.63, 3.8) is 0 Å². The molecule has 3 aromatic carbocycles. The minimum atomic E-state index is -3.75. The zero-order chi connectivity index (χ0) is 26.4. The van der Waals surface area contributed by atoms with Crippen LogP contribution in [0.25, 0.3) is 0 Å². The Bertz CT molecular complexity index is 1400. The molecule has 0 atom stereocenters. The number of piperazine rings is 1. The molecule has 1 saturated heterocycles. The fourth-order valence-electron chi connectivity index (χ4n) is 4.55. The Hall–Kier alpha value is -3.51. The van der Waals surface area contributed by atoms with Gasteiger partial charge in [0.25, 0.3) is 10.1 Å². The summed E-state index contributed by atoms with van der Waals surface area (Å²) >= 11 is 0. The van der Waals surface area contributed by atoms with Gasteiger partial charge < -0.3 is 14.4 Å². The van der Waals surface area contributed by atoms with Crippen molar-refractivity contribution in [2.75, 3.05) is 50.9 Å².